The predicted molar refractivity (Wildman–Crippen MR) is 31.0 cm³/mol. The highest BCUT2D eigenvalue weighted by atomic mass is 16.3. The van der Waals surface area contributed by atoms with Gasteiger partial charge in [-0.15, -0.1) is 0 Å². The minimum Gasteiger partial charge on any atom is -0.447 e. The molecule has 0 aliphatic carbocycles. The molecule has 0 aliphatic heterocycles. The Hall–Kier alpha value is -0.920. The molecule has 0 spiro atoms. The van der Waals surface area contributed by atoms with E-state index in [0.29, 0.717) is 5.88 Å². The molecule has 0 fully saturated rings. The normalized spacial score (nSPS) is 9.12. The highest BCUT2D eigenvalue weighted by Crippen LogP contribution is 2.04. The summed E-state index contributed by atoms with van der Waals surface area (Å²) in [5.41, 5.74) is 0. The van der Waals surface area contributed by atoms with E-state index in [-0.39, 0.29) is 0 Å². The van der Waals surface area contributed by atoms with Crippen LogP contribution in [0.4, 0.5) is 5.88 Å². The Labute approximate surface area is 48.5 Å². The summed E-state index contributed by atoms with van der Waals surface area (Å²) >= 11 is 0. The Kier molecular flexibility index (Phi) is 1.57. The summed E-state index contributed by atoms with van der Waals surface area (Å²) in [6, 6.07) is 3.66. The lowest BCUT2D eigenvalue weighted by atomic mass is 10.6. The van der Waals surface area contributed by atoms with Gasteiger partial charge in [-0.1, -0.05) is 0 Å². The van der Waals surface area contributed by atoms with E-state index in [0.717, 1.165) is 6.54 Å². The maximum atomic E-state index is 4.91. The maximum Gasteiger partial charge on any atom is 0.213 e. The van der Waals surface area contributed by atoms with Crippen LogP contribution in [0.25, 0.3) is 0 Å². The fourth-order valence-corrected chi connectivity index (χ4v) is 0.516. The second-order valence-corrected chi connectivity index (χ2v) is 1.43. The van der Waals surface area contributed by atoms with Crippen molar-refractivity contribution in [2.24, 2.45) is 0 Å². The van der Waals surface area contributed by atoms with Gasteiger partial charge >= 0.3 is 0 Å². The van der Waals surface area contributed by atoms with E-state index >= 15 is 0 Å². The van der Waals surface area contributed by atoms with Gasteiger partial charge in [0, 0.05) is 12.6 Å². The smallest absolute Gasteiger partial charge is 0.213 e. The average molecular weight is 110 g/mol. The van der Waals surface area contributed by atoms with Crippen molar-refractivity contribution in [2.45, 2.75) is 6.92 Å². The van der Waals surface area contributed by atoms with Crippen LogP contribution < -0.4 is 5.32 Å². The Morgan fingerprint density at radius 2 is 2.62 bits per heavy atom. The van der Waals surface area contributed by atoms with E-state index in [1.807, 2.05) is 19.1 Å². The average Bonchev–Trinajstić information content (AvgIpc) is 2.19. The second-order valence-electron chi connectivity index (χ2n) is 1.43. The summed E-state index contributed by atoms with van der Waals surface area (Å²) in [6.45, 7) is 2.76. The van der Waals surface area contributed by atoms with Crippen molar-refractivity contribution in [1.29, 1.82) is 0 Å². The maximum absolute atomic E-state index is 4.91. The summed E-state index contributed by atoms with van der Waals surface area (Å²) < 4.78 is 4.91. The Morgan fingerprint density at radius 3 is 3.12 bits per heavy atom. The molecule has 1 aromatic rings. The van der Waals surface area contributed by atoms with Crippen molar-refractivity contribution < 1.29 is 4.42 Å². The molecule has 8 heavy (non-hydrogen) atoms. The molecule has 0 saturated heterocycles. The molecular weight excluding hydrogens is 102 g/mol. The van der Waals surface area contributed by atoms with Gasteiger partial charge in [-0.3, -0.25) is 5.32 Å². The van der Waals surface area contributed by atoms with Crippen LogP contribution in [0.15, 0.2) is 22.8 Å². The van der Waals surface area contributed by atoms with Crippen molar-refractivity contribution in [3.05, 3.63) is 18.4 Å². The summed E-state index contributed by atoms with van der Waals surface area (Å²) in [5.74, 6) is 0.715. The van der Waals surface area contributed by atoms with Gasteiger partial charge in [-0.25, -0.2) is 0 Å². The molecule has 0 unspecified atom stereocenters. The van der Waals surface area contributed by atoms with Gasteiger partial charge in [0.15, 0.2) is 0 Å². The first-order valence-corrected chi connectivity index (χ1v) is 2.64. The molecule has 0 bridgehead atoms. The zero-order chi connectivity index (χ0) is 5.82. The SMILES string of the molecule is CC[N]c1ccco1. The number of furan rings is 1. The molecule has 1 aromatic heterocycles. The van der Waals surface area contributed by atoms with Crippen molar-refractivity contribution in [3.8, 4) is 0 Å². The molecule has 0 amide bonds. The van der Waals surface area contributed by atoms with E-state index in [4.69, 9.17) is 4.42 Å². The highest BCUT2D eigenvalue weighted by Gasteiger charge is 1.88. The molecule has 0 saturated carbocycles. The molecule has 2 heteroatoms. The number of rotatable bonds is 2. The van der Waals surface area contributed by atoms with Crippen molar-refractivity contribution in [2.75, 3.05) is 6.54 Å². The van der Waals surface area contributed by atoms with Crippen LogP contribution in [0.1, 0.15) is 6.92 Å². The summed E-state index contributed by atoms with van der Waals surface area (Å²) in [5, 5.41) is 4.00. The van der Waals surface area contributed by atoms with Gasteiger partial charge in [-0.2, -0.15) is 0 Å². The highest BCUT2D eigenvalue weighted by molar-refractivity contribution is 5.19. The fraction of sp³-hybridized carbons (Fsp3) is 0.333. The Bertz CT molecular complexity index is 134. The van der Waals surface area contributed by atoms with Gasteiger partial charge in [0.1, 0.15) is 0 Å². The van der Waals surface area contributed by atoms with E-state index < -0.39 is 0 Å². The minimum atomic E-state index is 0.715. The quantitative estimate of drug-likeness (QED) is 0.567. The van der Waals surface area contributed by atoms with Gasteiger partial charge in [0.25, 0.3) is 0 Å². The third kappa shape index (κ3) is 1.03. The Morgan fingerprint density at radius 1 is 1.75 bits per heavy atom. The first-order chi connectivity index (χ1) is 3.93. The second kappa shape index (κ2) is 2.40. The van der Waals surface area contributed by atoms with E-state index in [1.54, 1.807) is 6.26 Å². The van der Waals surface area contributed by atoms with Gasteiger partial charge in [0.05, 0.1) is 6.26 Å². The lowest BCUT2D eigenvalue weighted by Crippen LogP contribution is -1.91. The van der Waals surface area contributed by atoms with Crippen molar-refractivity contribution >= 4 is 5.88 Å². The number of nitrogens with zero attached hydrogens (tertiary/aromatic N) is 1. The molecule has 1 radical (unpaired) electrons. The largest absolute Gasteiger partial charge is 0.447 e. The topological polar surface area (TPSA) is 27.2 Å². The monoisotopic (exact) mass is 110 g/mol. The van der Waals surface area contributed by atoms with Crippen LogP contribution in [-0.4, -0.2) is 6.54 Å². The molecule has 0 aromatic carbocycles. The summed E-state index contributed by atoms with van der Waals surface area (Å²) in [7, 11) is 0. The van der Waals surface area contributed by atoms with Gasteiger partial charge in [-0.05, 0) is 13.0 Å². The van der Waals surface area contributed by atoms with Crippen LogP contribution in [-0.2, 0) is 0 Å². The predicted octanol–water partition coefficient (Wildman–Crippen LogP) is 1.54. The standard InChI is InChI=1S/C6H8NO/c1-2-7-6-4-3-5-8-6/h3-5H,2H2,1H3. The van der Waals surface area contributed by atoms with Crippen molar-refractivity contribution in [3.63, 3.8) is 0 Å². The van der Waals surface area contributed by atoms with E-state index in [9.17, 15) is 0 Å². The van der Waals surface area contributed by atoms with Crippen LogP contribution in [0.3, 0.4) is 0 Å². The molecule has 43 valence electrons. The summed E-state index contributed by atoms with van der Waals surface area (Å²) in [6.07, 6.45) is 1.62. The first-order valence-electron chi connectivity index (χ1n) is 2.64. The summed E-state index contributed by atoms with van der Waals surface area (Å²) in [4.78, 5) is 0. The number of hydrogen-bond donors (Lipinski definition) is 0. The van der Waals surface area contributed by atoms with Crippen LogP contribution in [0.5, 0.6) is 0 Å². The molecule has 0 aliphatic rings. The lowest BCUT2D eigenvalue weighted by Gasteiger charge is -1.88. The third-order valence-corrected chi connectivity index (χ3v) is 0.820. The zero-order valence-corrected chi connectivity index (χ0v) is 4.79. The molecule has 1 rings (SSSR count). The molecule has 0 N–H and O–H groups in total. The van der Waals surface area contributed by atoms with Crippen molar-refractivity contribution in [1.82, 2.24) is 5.32 Å². The number of hydrogen-bond acceptors (Lipinski definition) is 1. The van der Waals surface area contributed by atoms with E-state index in [1.165, 1.54) is 0 Å². The first kappa shape index (κ1) is 5.22. The van der Waals surface area contributed by atoms with Crippen LogP contribution in [0.2, 0.25) is 0 Å². The fourth-order valence-electron chi connectivity index (χ4n) is 0.516. The third-order valence-electron chi connectivity index (χ3n) is 0.820. The van der Waals surface area contributed by atoms with Crippen LogP contribution >= 0.6 is 0 Å². The minimum absolute atomic E-state index is 0.715. The van der Waals surface area contributed by atoms with Gasteiger partial charge < -0.3 is 4.42 Å². The lowest BCUT2D eigenvalue weighted by molar-refractivity contribution is 0.542. The van der Waals surface area contributed by atoms with Crippen LogP contribution in [0, 0.1) is 0 Å². The molecule has 2 nitrogen and oxygen atoms in total. The molecular formula is C6H8NO. The zero-order valence-electron chi connectivity index (χ0n) is 4.79. The molecule has 0 atom stereocenters. The van der Waals surface area contributed by atoms with Gasteiger partial charge in [0.2, 0.25) is 5.88 Å². The van der Waals surface area contributed by atoms with E-state index in [2.05, 4.69) is 5.32 Å². The molecule has 1 heterocycles. The Balaban J connectivity index is 2.50.